The zero-order valence-corrected chi connectivity index (χ0v) is 17.4. The molecule has 0 fully saturated rings. The highest BCUT2D eigenvalue weighted by atomic mass is 35.5. The Morgan fingerprint density at radius 1 is 1.21 bits per heavy atom. The minimum atomic E-state index is -4.02. The van der Waals surface area contributed by atoms with Crippen molar-refractivity contribution in [3.05, 3.63) is 46.5 Å². The zero-order chi connectivity index (χ0) is 20.6. The summed E-state index contributed by atoms with van der Waals surface area (Å²) >= 11 is 6.10. The highest BCUT2D eigenvalue weighted by Crippen LogP contribution is 2.35. The number of halogens is 1. The number of carbonyl (C=O) groups is 1. The quantitative estimate of drug-likeness (QED) is 0.632. The van der Waals surface area contributed by atoms with Crippen molar-refractivity contribution in [3.63, 3.8) is 0 Å². The van der Waals surface area contributed by atoms with Crippen molar-refractivity contribution in [2.75, 3.05) is 15.1 Å². The van der Waals surface area contributed by atoms with Crippen LogP contribution in [-0.4, -0.2) is 25.6 Å². The van der Waals surface area contributed by atoms with Crippen molar-refractivity contribution >= 4 is 44.6 Å². The first-order chi connectivity index (χ1) is 13.1. The molecule has 1 amide bonds. The van der Waals surface area contributed by atoms with Gasteiger partial charge in [0.25, 0.3) is 10.0 Å². The number of nitrogens with zero attached hydrogens (tertiary/aromatic N) is 1. The highest BCUT2D eigenvalue weighted by molar-refractivity contribution is 7.92. The van der Waals surface area contributed by atoms with Crippen LogP contribution in [0, 0.1) is 6.92 Å². The van der Waals surface area contributed by atoms with Crippen LogP contribution in [0.15, 0.2) is 35.2 Å². The number of rotatable bonds is 5. The fraction of sp³-hybridized carbons (Fsp3) is 0.316. The molecule has 150 valence electrons. The molecule has 2 aromatic carbocycles. The van der Waals surface area contributed by atoms with Crippen molar-refractivity contribution in [2.24, 2.45) is 0 Å². The predicted molar refractivity (Wildman–Crippen MR) is 110 cm³/mol. The third kappa shape index (κ3) is 4.09. The SMILES string of the molecule is Cc1ccc(NS(=O)(=O)c2cc3c(cc2N(O)C(C)C)NC(=O)CC3)cc1Cl. The first-order valence-electron chi connectivity index (χ1n) is 8.82. The molecule has 0 radical (unpaired) electrons. The van der Waals surface area contributed by atoms with E-state index in [2.05, 4.69) is 10.0 Å². The number of benzene rings is 2. The lowest BCUT2D eigenvalue weighted by molar-refractivity contribution is -0.116. The van der Waals surface area contributed by atoms with Gasteiger partial charge in [0.05, 0.1) is 17.4 Å². The molecule has 28 heavy (non-hydrogen) atoms. The van der Waals surface area contributed by atoms with Crippen LogP contribution in [0.2, 0.25) is 5.02 Å². The smallest absolute Gasteiger partial charge is 0.264 e. The predicted octanol–water partition coefficient (Wildman–Crippen LogP) is 3.94. The van der Waals surface area contributed by atoms with Crippen LogP contribution < -0.4 is 15.1 Å². The van der Waals surface area contributed by atoms with Crippen LogP contribution in [0.5, 0.6) is 0 Å². The minimum Gasteiger partial charge on any atom is -0.326 e. The average Bonchev–Trinajstić information content (AvgIpc) is 2.62. The summed E-state index contributed by atoms with van der Waals surface area (Å²) in [7, 11) is -4.02. The van der Waals surface area contributed by atoms with Crippen LogP contribution in [0.3, 0.4) is 0 Å². The summed E-state index contributed by atoms with van der Waals surface area (Å²) in [6, 6.07) is 7.48. The molecule has 1 aliphatic rings. The maximum absolute atomic E-state index is 13.1. The van der Waals surface area contributed by atoms with Crippen LogP contribution in [0.1, 0.15) is 31.4 Å². The first kappa shape index (κ1) is 20.4. The fourth-order valence-electron chi connectivity index (χ4n) is 2.93. The normalized spacial score (nSPS) is 13.9. The Kier molecular flexibility index (Phi) is 5.56. The third-order valence-electron chi connectivity index (χ3n) is 4.53. The Morgan fingerprint density at radius 2 is 1.93 bits per heavy atom. The van der Waals surface area contributed by atoms with Gasteiger partial charge in [-0.2, -0.15) is 0 Å². The number of fused-ring (bicyclic) bond motifs is 1. The van der Waals surface area contributed by atoms with Gasteiger partial charge >= 0.3 is 0 Å². The van der Waals surface area contributed by atoms with E-state index in [4.69, 9.17) is 11.6 Å². The topological polar surface area (TPSA) is 98.7 Å². The summed E-state index contributed by atoms with van der Waals surface area (Å²) in [4.78, 5) is 11.6. The molecule has 1 heterocycles. The van der Waals surface area contributed by atoms with Crippen molar-refractivity contribution in [3.8, 4) is 0 Å². The van der Waals surface area contributed by atoms with E-state index in [9.17, 15) is 18.4 Å². The van der Waals surface area contributed by atoms with Gasteiger partial charge in [0.1, 0.15) is 4.90 Å². The number of amides is 1. The standard InChI is InChI=1S/C19H22ClN3O4S/c1-11(2)23(25)17-10-16-13(5-7-19(24)21-16)8-18(17)28(26,27)22-14-6-4-12(3)15(20)9-14/h4,6,8-11,22,25H,5,7H2,1-3H3,(H,21,24). The Labute approximate surface area is 169 Å². The molecule has 0 atom stereocenters. The zero-order valence-electron chi connectivity index (χ0n) is 15.8. The number of nitrogens with one attached hydrogen (secondary N) is 2. The lowest BCUT2D eigenvalue weighted by atomic mass is 10.0. The van der Waals surface area contributed by atoms with Gasteiger partial charge in [-0.25, -0.2) is 8.42 Å². The van der Waals surface area contributed by atoms with Crippen LogP contribution in [-0.2, 0) is 21.2 Å². The number of hydrogen-bond donors (Lipinski definition) is 3. The van der Waals surface area contributed by atoms with E-state index in [-0.39, 0.29) is 29.0 Å². The molecule has 0 saturated heterocycles. The van der Waals surface area contributed by atoms with Gasteiger partial charge in [-0.1, -0.05) is 17.7 Å². The second-order valence-electron chi connectivity index (χ2n) is 7.03. The molecule has 0 bridgehead atoms. The molecule has 0 aliphatic carbocycles. The summed E-state index contributed by atoms with van der Waals surface area (Å²) in [5.74, 6) is -0.143. The molecule has 2 aromatic rings. The second kappa shape index (κ2) is 7.62. The molecular formula is C19H22ClN3O4S. The maximum Gasteiger partial charge on any atom is 0.264 e. The number of aryl methyl sites for hydroxylation is 2. The average molecular weight is 424 g/mol. The summed E-state index contributed by atoms with van der Waals surface area (Å²) < 4.78 is 28.7. The summed E-state index contributed by atoms with van der Waals surface area (Å²) in [6.45, 7) is 5.27. The summed E-state index contributed by atoms with van der Waals surface area (Å²) in [6.07, 6.45) is 0.702. The van der Waals surface area contributed by atoms with Gasteiger partial charge in [0.15, 0.2) is 0 Å². The molecule has 0 unspecified atom stereocenters. The Hall–Kier alpha value is -2.29. The Balaban J connectivity index is 2.09. The van der Waals surface area contributed by atoms with E-state index < -0.39 is 10.0 Å². The Bertz CT molecular complexity index is 1040. The van der Waals surface area contributed by atoms with Gasteiger partial charge in [-0.15, -0.1) is 0 Å². The molecule has 9 heteroatoms. The molecule has 3 N–H and O–H groups in total. The number of hydrogen-bond acceptors (Lipinski definition) is 5. The third-order valence-corrected chi connectivity index (χ3v) is 6.35. The molecule has 1 aliphatic heterocycles. The van der Waals surface area contributed by atoms with Gasteiger partial charge in [-0.05, 0) is 62.6 Å². The second-order valence-corrected chi connectivity index (χ2v) is 9.09. The van der Waals surface area contributed by atoms with E-state index in [1.807, 2.05) is 6.92 Å². The van der Waals surface area contributed by atoms with Crippen LogP contribution >= 0.6 is 11.6 Å². The largest absolute Gasteiger partial charge is 0.326 e. The molecule has 0 aromatic heterocycles. The summed E-state index contributed by atoms with van der Waals surface area (Å²) in [5, 5.41) is 14.5. The molecular weight excluding hydrogens is 402 g/mol. The van der Waals surface area contributed by atoms with Crippen LogP contribution in [0.4, 0.5) is 17.1 Å². The Morgan fingerprint density at radius 3 is 2.57 bits per heavy atom. The minimum absolute atomic E-state index is 0.0738. The van der Waals surface area contributed by atoms with Gasteiger partial charge in [0, 0.05) is 17.1 Å². The van der Waals surface area contributed by atoms with Crippen molar-refractivity contribution in [1.82, 2.24) is 0 Å². The van der Waals surface area contributed by atoms with Crippen molar-refractivity contribution in [1.29, 1.82) is 0 Å². The first-order valence-corrected chi connectivity index (χ1v) is 10.7. The maximum atomic E-state index is 13.1. The number of carbonyl (C=O) groups excluding carboxylic acids is 1. The van der Waals surface area contributed by atoms with Gasteiger partial charge in [0.2, 0.25) is 5.91 Å². The lowest BCUT2D eigenvalue weighted by Crippen LogP contribution is -2.30. The molecule has 0 saturated carbocycles. The van der Waals surface area contributed by atoms with E-state index in [0.29, 0.717) is 28.4 Å². The van der Waals surface area contributed by atoms with E-state index in [1.165, 1.54) is 18.2 Å². The van der Waals surface area contributed by atoms with Crippen molar-refractivity contribution in [2.45, 2.75) is 44.6 Å². The highest BCUT2D eigenvalue weighted by Gasteiger charge is 2.27. The number of sulfonamides is 1. The lowest BCUT2D eigenvalue weighted by Gasteiger charge is -2.27. The monoisotopic (exact) mass is 423 g/mol. The van der Waals surface area contributed by atoms with E-state index in [0.717, 1.165) is 10.6 Å². The van der Waals surface area contributed by atoms with Crippen LogP contribution in [0.25, 0.3) is 0 Å². The van der Waals surface area contributed by atoms with Crippen molar-refractivity contribution < 1.29 is 18.4 Å². The summed E-state index contributed by atoms with van der Waals surface area (Å²) in [5.41, 5.74) is 2.44. The fourth-order valence-corrected chi connectivity index (χ4v) is 4.39. The van der Waals surface area contributed by atoms with E-state index in [1.54, 1.807) is 26.0 Å². The molecule has 7 nitrogen and oxygen atoms in total. The number of hydroxylamine groups is 1. The number of anilines is 3. The van der Waals surface area contributed by atoms with Gasteiger partial charge < -0.3 is 5.32 Å². The van der Waals surface area contributed by atoms with Gasteiger partial charge in [-0.3, -0.25) is 19.8 Å². The molecule has 0 spiro atoms. The molecule has 3 rings (SSSR count). The van der Waals surface area contributed by atoms with E-state index >= 15 is 0 Å².